The van der Waals surface area contributed by atoms with E-state index in [1.165, 1.54) is 0 Å². The molecule has 1 heterocycles. The van der Waals surface area contributed by atoms with Gasteiger partial charge >= 0.3 is 0 Å². The van der Waals surface area contributed by atoms with E-state index in [0.29, 0.717) is 12.1 Å². The lowest BCUT2D eigenvalue weighted by Crippen LogP contribution is -2.48. The zero-order chi connectivity index (χ0) is 12.7. The van der Waals surface area contributed by atoms with Gasteiger partial charge in [-0.3, -0.25) is 4.79 Å². The van der Waals surface area contributed by atoms with E-state index in [4.69, 9.17) is 0 Å². The standard InChI is InChI=1S/C14H24N2O.ClH/c1-4-6-12(7-5-2)14(17)16-13-8-9-15-11(3)10-13;/h4-5,11-13,15H,1-2,6-10H2,3H3,(H,16,17);1H. The zero-order valence-corrected chi connectivity index (χ0v) is 12.0. The van der Waals surface area contributed by atoms with Gasteiger partial charge in [-0.1, -0.05) is 12.2 Å². The molecule has 0 aromatic heterocycles. The van der Waals surface area contributed by atoms with Gasteiger partial charge in [0.05, 0.1) is 0 Å². The molecule has 1 rings (SSSR count). The van der Waals surface area contributed by atoms with Crippen molar-refractivity contribution in [2.45, 2.75) is 44.7 Å². The van der Waals surface area contributed by atoms with Crippen molar-refractivity contribution >= 4 is 18.3 Å². The molecule has 2 N–H and O–H groups in total. The van der Waals surface area contributed by atoms with E-state index in [0.717, 1.165) is 32.2 Å². The second-order valence-electron chi connectivity index (χ2n) is 4.83. The van der Waals surface area contributed by atoms with Crippen molar-refractivity contribution in [3.8, 4) is 0 Å². The number of hydrogen-bond acceptors (Lipinski definition) is 2. The second-order valence-corrected chi connectivity index (χ2v) is 4.83. The SMILES string of the molecule is C=CCC(CC=C)C(=O)NC1CCNC(C)C1.Cl. The minimum atomic E-state index is -0.00445. The molecule has 2 atom stereocenters. The van der Waals surface area contributed by atoms with Crippen molar-refractivity contribution < 1.29 is 4.79 Å². The average molecular weight is 273 g/mol. The number of amides is 1. The Morgan fingerprint density at radius 3 is 2.56 bits per heavy atom. The van der Waals surface area contributed by atoms with Crippen LogP contribution in [0.4, 0.5) is 0 Å². The van der Waals surface area contributed by atoms with Gasteiger partial charge in [0, 0.05) is 18.0 Å². The van der Waals surface area contributed by atoms with Gasteiger partial charge in [-0.25, -0.2) is 0 Å². The largest absolute Gasteiger partial charge is 0.353 e. The topological polar surface area (TPSA) is 41.1 Å². The maximum Gasteiger partial charge on any atom is 0.223 e. The summed E-state index contributed by atoms with van der Waals surface area (Å²) in [5.41, 5.74) is 0. The summed E-state index contributed by atoms with van der Waals surface area (Å²) in [4.78, 5) is 12.1. The Balaban J connectivity index is 0.00000289. The molecule has 0 saturated carbocycles. The first kappa shape index (κ1) is 17.2. The summed E-state index contributed by atoms with van der Waals surface area (Å²) >= 11 is 0. The maximum absolute atomic E-state index is 12.1. The Bertz CT molecular complexity index is 271. The third-order valence-electron chi connectivity index (χ3n) is 3.24. The molecule has 1 amide bonds. The van der Waals surface area contributed by atoms with E-state index >= 15 is 0 Å². The van der Waals surface area contributed by atoms with Crippen molar-refractivity contribution in [2.75, 3.05) is 6.54 Å². The summed E-state index contributed by atoms with van der Waals surface area (Å²) in [6.07, 6.45) is 7.08. The molecule has 18 heavy (non-hydrogen) atoms. The highest BCUT2D eigenvalue weighted by molar-refractivity contribution is 5.85. The number of carbonyl (C=O) groups is 1. The highest BCUT2D eigenvalue weighted by Crippen LogP contribution is 2.13. The smallest absolute Gasteiger partial charge is 0.223 e. The first-order valence-corrected chi connectivity index (χ1v) is 6.43. The first-order valence-electron chi connectivity index (χ1n) is 6.43. The van der Waals surface area contributed by atoms with E-state index in [9.17, 15) is 4.79 Å². The van der Waals surface area contributed by atoms with Crippen LogP contribution in [0.5, 0.6) is 0 Å². The zero-order valence-electron chi connectivity index (χ0n) is 11.2. The lowest BCUT2D eigenvalue weighted by Gasteiger charge is -2.29. The van der Waals surface area contributed by atoms with Gasteiger partial charge in [-0.05, 0) is 39.2 Å². The van der Waals surface area contributed by atoms with Crippen molar-refractivity contribution in [3.63, 3.8) is 0 Å². The molecule has 0 aromatic rings. The van der Waals surface area contributed by atoms with Crippen LogP contribution in [-0.4, -0.2) is 24.5 Å². The minimum Gasteiger partial charge on any atom is -0.353 e. The quantitative estimate of drug-likeness (QED) is 0.729. The van der Waals surface area contributed by atoms with Gasteiger partial charge in [0.1, 0.15) is 0 Å². The fourth-order valence-corrected chi connectivity index (χ4v) is 2.29. The van der Waals surface area contributed by atoms with Crippen molar-refractivity contribution in [1.82, 2.24) is 10.6 Å². The fraction of sp³-hybridized carbons (Fsp3) is 0.643. The molecule has 3 nitrogen and oxygen atoms in total. The number of allylic oxidation sites excluding steroid dienone is 2. The number of halogens is 1. The molecule has 0 aliphatic carbocycles. The predicted octanol–water partition coefficient (Wildman–Crippen LogP) is 2.43. The Hall–Kier alpha value is -0.800. The lowest BCUT2D eigenvalue weighted by atomic mass is 9.97. The molecule has 0 bridgehead atoms. The highest BCUT2D eigenvalue weighted by Gasteiger charge is 2.23. The molecule has 1 aliphatic heterocycles. The maximum atomic E-state index is 12.1. The lowest BCUT2D eigenvalue weighted by molar-refractivity contribution is -0.125. The summed E-state index contributed by atoms with van der Waals surface area (Å²) < 4.78 is 0. The molecule has 1 saturated heterocycles. The number of hydrogen-bond donors (Lipinski definition) is 2. The summed E-state index contributed by atoms with van der Waals surface area (Å²) in [6.45, 7) is 10.5. The van der Waals surface area contributed by atoms with Crippen LogP contribution in [0.3, 0.4) is 0 Å². The molecular formula is C14H25ClN2O. The van der Waals surface area contributed by atoms with Gasteiger partial charge < -0.3 is 10.6 Å². The minimum absolute atomic E-state index is 0. The van der Waals surface area contributed by atoms with Crippen LogP contribution in [0.1, 0.15) is 32.6 Å². The highest BCUT2D eigenvalue weighted by atomic mass is 35.5. The third-order valence-corrected chi connectivity index (χ3v) is 3.24. The summed E-state index contributed by atoms with van der Waals surface area (Å²) in [5, 5.41) is 6.53. The van der Waals surface area contributed by atoms with E-state index < -0.39 is 0 Å². The summed E-state index contributed by atoms with van der Waals surface area (Å²) in [5.74, 6) is 0.138. The van der Waals surface area contributed by atoms with Crippen LogP contribution in [-0.2, 0) is 4.79 Å². The fourth-order valence-electron chi connectivity index (χ4n) is 2.29. The first-order chi connectivity index (χ1) is 8.17. The average Bonchev–Trinajstić information content (AvgIpc) is 2.28. The number of rotatable bonds is 6. The molecule has 0 aromatic carbocycles. The van der Waals surface area contributed by atoms with E-state index in [1.807, 2.05) is 0 Å². The molecule has 1 aliphatic rings. The van der Waals surface area contributed by atoms with Crippen LogP contribution in [0.2, 0.25) is 0 Å². The van der Waals surface area contributed by atoms with Crippen LogP contribution < -0.4 is 10.6 Å². The Kier molecular flexibility index (Phi) is 8.77. The van der Waals surface area contributed by atoms with Gasteiger partial charge in [0.25, 0.3) is 0 Å². The molecule has 2 unspecified atom stereocenters. The van der Waals surface area contributed by atoms with Crippen molar-refractivity contribution in [3.05, 3.63) is 25.3 Å². The number of piperidine rings is 1. The second kappa shape index (κ2) is 9.17. The predicted molar refractivity (Wildman–Crippen MR) is 79.0 cm³/mol. The Morgan fingerprint density at radius 1 is 1.44 bits per heavy atom. The van der Waals surface area contributed by atoms with Gasteiger partial charge in [0.2, 0.25) is 5.91 Å². The van der Waals surface area contributed by atoms with E-state index in [1.54, 1.807) is 12.2 Å². The van der Waals surface area contributed by atoms with Crippen LogP contribution in [0.25, 0.3) is 0 Å². The number of nitrogens with one attached hydrogen (secondary N) is 2. The van der Waals surface area contributed by atoms with E-state index in [-0.39, 0.29) is 24.2 Å². The van der Waals surface area contributed by atoms with Gasteiger partial charge in [-0.2, -0.15) is 0 Å². The van der Waals surface area contributed by atoms with Crippen molar-refractivity contribution in [1.29, 1.82) is 0 Å². The Labute approximate surface area is 117 Å². The monoisotopic (exact) mass is 272 g/mol. The Morgan fingerprint density at radius 2 is 2.06 bits per heavy atom. The number of carbonyl (C=O) groups excluding carboxylic acids is 1. The normalized spacial score (nSPS) is 23.0. The molecule has 0 radical (unpaired) electrons. The van der Waals surface area contributed by atoms with Crippen LogP contribution in [0, 0.1) is 5.92 Å². The van der Waals surface area contributed by atoms with Crippen LogP contribution in [0.15, 0.2) is 25.3 Å². The molecule has 4 heteroatoms. The van der Waals surface area contributed by atoms with Crippen molar-refractivity contribution in [2.24, 2.45) is 5.92 Å². The van der Waals surface area contributed by atoms with Gasteiger partial charge in [0.15, 0.2) is 0 Å². The van der Waals surface area contributed by atoms with E-state index in [2.05, 4.69) is 30.7 Å². The molecule has 0 spiro atoms. The summed E-state index contributed by atoms with van der Waals surface area (Å²) in [7, 11) is 0. The molecule has 104 valence electrons. The van der Waals surface area contributed by atoms with Gasteiger partial charge in [-0.15, -0.1) is 25.6 Å². The van der Waals surface area contributed by atoms with Crippen LogP contribution >= 0.6 is 12.4 Å². The molecule has 1 fully saturated rings. The third kappa shape index (κ3) is 5.69. The molecular weight excluding hydrogens is 248 g/mol. The summed E-state index contributed by atoms with van der Waals surface area (Å²) in [6, 6.07) is 0.808.